The monoisotopic (exact) mass is 395 g/mol. The van der Waals surface area contributed by atoms with Gasteiger partial charge in [-0.2, -0.15) is 0 Å². The summed E-state index contributed by atoms with van der Waals surface area (Å²) in [5.74, 6) is 0.177. The number of carbonyl (C=O) groups excluding carboxylic acids is 1. The first-order valence-corrected chi connectivity index (χ1v) is 8.82. The largest absolute Gasteiger partial charge is 0.508 e. The Morgan fingerprint density at radius 1 is 1.11 bits per heavy atom. The first kappa shape index (κ1) is 17.9. The summed E-state index contributed by atoms with van der Waals surface area (Å²) < 4.78 is 3.24. The zero-order chi connectivity index (χ0) is 20.0. The number of benzene rings is 2. The molecule has 0 radical (unpaired) electrons. The van der Waals surface area contributed by atoms with Crippen LogP contribution in [0.5, 0.6) is 11.5 Å². The molecule has 0 bridgehead atoms. The summed E-state index contributed by atoms with van der Waals surface area (Å²) in [4.78, 5) is 13.9. The Kier molecular flexibility index (Phi) is 4.23. The Labute approximate surface area is 165 Å². The molecule has 0 fully saturated rings. The van der Waals surface area contributed by atoms with Gasteiger partial charge in [-0.1, -0.05) is 6.07 Å². The molecule has 9 heteroatoms. The van der Waals surface area contributed by atoms with Crippen LogP contribution in [0.15, 0.2) is 53.8 Å². The second-order valence-corrected chi connectivity index (χ2v) is 6.83. The van der Waals surface area contributed by atoms with Crippen molar-refractivity contribution in [3.63, 3.8) is 0 Å². The quantitative estimate of drug-likeness (QED) is 0.453. The van der Waals surface area contributed by atoms with E-state index in [1.165, 1.54) is 17.0 Å². The first-order chi connectivity index (χ1) is 13.4. The molecule has 0 aliphatic rings. The lowest BCUT2D eigenvalue weighted by Gasteiger charge is -2.13. The Hall–Kier alpha value is -3.46. The van der Waals surface area contributed by atoms with Gasteiger partial charge in [0.25, 0.3) is 0 Å². The fourth-order valence-corrected chi connectivity index (χ4v) is 3.36. The molecule has 142 valence electrons. The molecule has 2 heterocycles. The van der Waals surface area contributed by atoms with Gasteiger partial charge >= 0.3 is 6.03 Å². The number of nitrogens with zero attached hydrogens (tertiary/aromatic N) is 5. The summed E-state index contributed by atoms with van der Waals surface area (Å²) in [6.45, 7) is 0. The molecule has 1 amide bonds. The van der Waals surface area contributed by atoms with Gasteiger partial charge in [0.2, 0.25) is 0 Å². The van der Waals surface area contributed by atoms with Crippen LogP contribution in [0.25, 0.3) is 28.0 Å². The van der Waals surface area contributed by atoms with E-state index < -0.39 is 0 Å². The Balaban J connectivity index is 1.95. The molecule has 0 atom stereocenters. The van der Waals surface area contributed by atoms with Gasteiger partial charge in [-0.25, -0.2) is 4.79 Å². The van der Waals surface area contributed by atoms with E-state index in [9.17, 15) is 15.0 Å². The molecule has 2 aromatic heterocycles. The lowest BCUT2D eigenvalue weighted by Crippen LogP contribution is -2.26. The summed E-state index contributed by atoms with van der Waals surface area (Å²) in [6.07, 6.45) is 1.71. The van der Waals surface area contributed by atoms with Crippen LogP contribution < -0.4 is 0 Å². The number of thiol groups is 1. The van der Waals surface area contributed by atoms with Gasteiger partial charge in [0.15, 0.2) is 11.0 Å². The second-order valence-electron chi connectivity index (χ2n) is 6.43. The third-order valence-electron chi connectivity index (χ3n) is 4.41. The van der Waals surface area contributed by atoms with Crippen molar-refractivity contribution in [2.75, 3.05) is 14.1 Å². The predicted molar refractivity (Wildman–Crippen MR) is 107 cm³/mol. The van der Waals surface area contributed by atoms with Crippen LogP contribution in [0.4, 0.5) is 4.79 Å². The lowest BCUT2D eigenvalue weighted by molar-refractivity contribution is 0.220. The van der Waals surface area contributed by atoms with Gasteiger partial charge in [0, 0.05) is 31.7 Å². The number of aromatic hydroxyl groups is 2. The number of phenolic OH excluding ortho intramolecular Hbond substituents is 2. The van der Waals surface area contributed by atoms with Gasteiger partial charge in [-0.15, -0.1) is 22.8 Å². The second kappa shape index (κ2) is 6.61. The average Bonchev–Trinajstić information content (AvgIpc) is 3.24. The molecule has 2 aromatic carbocycles. The molecule has 0 unspecified atom stereocenters. The van der Waals surface area contributed by atoms with Crippen molar-refractivity contribution in [3.8, 4) is 28.6 Å². The van der Waals surface area contributed by atoms with E-state index in [1.807, 2.05) is 24.3 Å². The topological polar surface area (TPSA) is 96.4 Å². The predicted octanol–water partition coefficient (Wildman–Crippen LogP) is 3.12. The number of phenols is 2. The Morgan fingerprint density at radius 2 is 1.89 bits per heavy atom. The van der Waals surface area contributed by atoms with E-state index in [2.05, 4.69) is 22.8 Å². The van der Waals surface area contributed by atoms with Crippen molar-refractivity contribution in [2.24, 2.45) is 0 Å². The zero-order valence-electron chi connectivity index (χ0n) is 15.1. The third-order valence-corrected chi connectivity index (χ3v) is 4.70. The van der Waals surface area contributed by atoms with Crippen LogP contribution >= 0.6 is 12.6 Å². The number of aromatic nitrogens is 4. The molecule has 0 aliphatic carbocycles. The summed E-state index contributed by atoms with van der Waals surface area (Å²) in [7, 11) is 3.38. The first-order valence-electron chi connectivity index (χ1n) is 8.37. The van der Waals surface area contributed by atoms with Crippen molar-refractivity contribution < 1.29 is 15.0 Å². The normalized spacial score (nSPS) is 11.1. The van der Waals surface area contributed by atoms with Crippen molar-refractivity contribution in [3.05, 3.63) is 48.7 Å². The zero-order valence-corrected chi connectivity index (χ0v) is 16.0. The summed E-state index contributed by atoms with van der Waals surface area (Å²) >= 11 is 4.42. The maximum atomic E-state index is 12.4. The minimum absolute atomic E-state index is 0.0558. The molecular weight excluding hydrogens is 378 g/mol. The fraction of sp³-hybridized carbons (Fsp3) is 0.105. The van der Waals surface area contributed by atoms with Gasteiger partial charge < -0.3 is 15.1 Å². The van der Waals surface area contributed by atoms with E-state index in [0.717, 1.165) is 10.9 Å². The molecule has 0 saturated heterocycles. The highest BCUT2D eigenvalue weighted by Crippen LogP contribution is 2.35. The molecule has 8 nitrogen and oxygen atoms in total. The van der Waals surface area contributed by atoms with Gasteiger partial charge in [0.1, 0.15) is 11.5 Å². The van der Waals surface area contributed by atoms with E-state index in [4.69, 9.17) is 0 Å². The van der Waals surface area contributed by atoms with Crippen molar-refractivity contribution in [1.82, 2.24) is 24.2 Å². The number of carbonyl (C=O) groups is 1. The molecule has 0 aliphatic heterocycles. The van der Waals surface area contributed by atoms with Gasteiger partial charge in [0.05, 0.1) is 16.8 Å². The Bertz CT molecular complexity index is 1210. The maximum absolute atomic E-state index is 12.4. The maximum Gasteiger partial charge on any atom is 0.328 e. The SMILES string of the molecule is CN(C)C(=O)n1ccc2c(-n3c(S)nnc3-c3ccc(O)cc3O)cccc21. The van der Waals surface area contributed by atoms with Gasteiger partial charge in [-0.3, -0.25) is 9.13 Å². The third kappa shape index (κ3) is 2.76. The molecular formula is C19H17N5O3S. The summed E-state index contributed by atoms with van der Waals surface area (Å²) in [5.41, 5.74) is 1.82. The minimum atomic E-state index is -0.168. The van der Waals surface area contributed by atoms with Crippen LogP contribution in [0.2, 0.25) is 0 Å². The van der Waals surface area contributed by atoms with E-state index in [0.29, 0.717) is 22.2 Å². The van der Waals surface area contributed by atoms with Crippen molar-refractivity contribution in [2.45, 2.75) is 5.16 Å². The van der Waals surface area contributed by atoms with Crippen LogP contribution in [0.1, 0.15) is 0 Å². The molecule has 4 rings (SSSR count). The van der Waals surface area contributed by atoms with Crippen molar-refractivity contribution in [1.29, 1.82) is 0 Å². The highest BCUT2D eigenvalue weighted by Gasteiger charge is 2.20. The van der Waals surface area contributed by atoms with Crippen LogP contribution in [-0.4, -0.2) is 54.6 Å². The summed E-state index contributed by atoms with van der Waals surface area (Å²) in [6, 6.07) is 11.4. The van der Waals surface area contributed by atoms with Crippen LogP contribution in [-0.2, 0) is 0 Å². The lowest BCUT2D eigenvalue weighted by atomic mass is 10.1. The minimum Gasteiger partial charge on any atom is -0.508 e. The molecule has 0 saturated carbocycles. The van der Waals surface area contributed by atoms with E-state index in [-0.39, 0.29) is 17.5 Å². The van der Waals surface area contributed by atoms with Crippen molar-refractivity contribution >= 4 is 29.6 Å². The molecule has 2 N–H and O–H groups in total. The van der Waals surface area contributed by atoms with Gasteiger partial charge in [-0.05, 0) is 30.3 Å². The molecule has 0 spiro atoms. The van der Waals surface area contributed by atoms with E-state index >= 15 is 0 Å². The molecule has 28 heavy (non-hydrogen) atoms. The fourth-order valence-electron chi connectivity index (χ4n) is 3.11. The highest BCUT2D eigenvalue weighted by molar-refractivity contribution is 7.80. The van der Waals surface area contributed by atoms with Crippen LogP contribution in [0.3, 0.4) is 0 Å². The van der Waals surface area contributed by atoms with Crippen LogP contribution in [0, 0.1) is 0 Å². The average molecular weight is 395 g/mol. The number of rotatable bonds is 2. The standard InChI is InChI=1S/C19H17N5O3S/c1-22(2)19(27)23-9-8-12-14(23)4-3-5-15(12)24-17(20-21-18(24)28)13-7-6-11(25)10-16(13)26/h3-10,25-26H,1-2H3,(H,21,28). The smallest absolute Gasteiger partial charge is 0.328 e. The van der Waals surface area contributed by atoms with E-state index in [1.54, 1.807) is 35.5 Å². The Morgan fingerprint density at radius 3 is 2.61 bits per heavy atom. The summed E-state index contributed by atoms with van der Waals surface area (Å²) in [5, 5.41) is 29.1. The number of amides is 1. The molecule has 4 aromatic rings. The number of hydrogen-bond acceptors (Lipinski definition) is 6. The number of fused-ring (bicyclic) bond motifs is 1. The highest BCUT2D eigenvalue weighted by atomic mass is 32.1. The number of hydrogen-bond donors (Lipinski definition) is 3.